The fourth-order valence-electron chi connectivity index (χ4n) is 1.42. The van der Waals surface area contributed by atoms with Gasteiger partial charge in [0, 0.05) is 12.5 Å². The van der Waals surface area contributed by atoms with Crippen LogP contribution in [0.5, 0.6) is 0 Å². The van der Waals surface area contributed by atoms with Crippen molar-refractivity contribution in [1.82, 2.24) is 15.0 Å². The van der Waals surface area contributed by atoms with E-state index in [1.54, 1.807) is 0 Å². The third-order valence-corrected chi connectivity index (χ3v) is 2.26. The van der Waals surface area contributed by atoms with E-state index in [-0.39, 0.29) is 12.3 Å². The molecule has 1 aromatic rings. The molecule has 3 rings (SSSR count). The van der Waals surface area contributed by atoms with Crippen LogP contribution >= 0.6 is 0 Å². The lowest BCUT2D eigenvalue weighted by Crippen LogP contribution is -2.21. The molecule has 1 aliphatic heterocycles. The van der Waals surface area contributed by atoms with Crippen molar-refractivity contribution in [3.63, 3.8) is 0 Å². The number of rotatable bonds is 2. The minimum atomic E-state index is -1.10. The fourth-order valence-corrected chi connectivity index (χ4v) is 1.42. The Bertz CT molecular complexity index is 593. The van der Waals surface area contributed by atoms with Gasteiger partial charge in [0.1, 0.15) is 12.2 Å². The number of fused-ring (bicyclic) bond motifs is 1. The lowest BCUT2D eigenvalue weighted by Gasteiger charge is -2.04. The van der Waals surface area contributed by atoms with Crippen LogP contribution < -0.4 is 0 Å². The summed E-state index contributed by atoms with van der Waals surface area (Å²) >= 11 is 0. The predicted molar refractivity (Wildman–Crippen MR) is 54.8 cm³/mol. The molecule has 0 amide bonds. The summed E-state index contributed by atoms with van der Waals surface area (Å²) in [5.74, 6) is 4.33. The largest absolute Gasteiger partial charge is 0.476 e. The monoisotopic (exact) mass is 214 g/mol. The van der Waals surface area contributed by atoms with E-state index >= 15 is 0 Å². The number of hydrogen-bond donors (Lipinski definition) is 1. The van der Waals surface area contributed by atoms with Gasteiger partial charge in [0.15, 0.2) is 5.71 Å². The molecule has 0 saturated carbocycles. The Hall–Kier alpha value is -2.42. The van der Waals surface area contributed by atoms with Crippen molar-refractivity contribution in [2.75, 3.05) is 6.54 Å². The summed E-state index contributed by atoms with van der Waals surface area (Å²) in [6.45, 7) is 0.183. The van der Waals surface area contributed by atoms with Crippen molar-refractivity contribution >= 4 is 17.4 Å². The zero-order valence-corrected chi connectivity index (χ0v) is 8.14. The lowest BCUT2D eigenvalue weighted by molar-refractivity contribution is -0.129. The molecule has 1 aliphatic carbocycles. The zero-order valence-electron chi connectivity index (χ0n) is 8.14. The molecule has 0 radical (unpaired) electrons. The molecular weight excluding hydrogens is 208 g/mol. The zero-order chi connectivity index (χ0) is 11.1. The molecule has 0 spiro atoms. The van der Waals surface area contributed by atoms with Crippen LogP contribution in [0.25, 0.3) is 5.70 Å². The standard InChI is InChI=1S/C10H6N4O2/c15-10(16)9-8(3-1-2-4-11-9)14-12-6-5-7(6)13-14/h3H,4-5H2,(H,15,16). The topological polar surface area (TPSA) is 80.4 Å². The van der Waals surface area contributed by atoms with Gasteiger partial charge in [0.25, 0.3) is 0 Å². The highest BCUT2D eigenvalue weighted by molar-refractivity contribution is 6.51. The normalized spacial score (nSPS) is 16.2. The van der Waals surface area contributed by atoms with Crippen molar-refractivity contribution in [2.45, 2.75) is 6.42 Å². The summed E-state index contributed by atoms with van der Waals surface area (Å²) in [5, 5.41) is 17.3. The summed E-state index contributed by atoms with van der Waals surface area (Å²) in [6, 6.07) is 0. The minimum absolute atomic E-state index is 0.0625. The van der Waals surface area contributed by atoms with Crippen LogP contribution in [-0.4, -0.2) is 38.3 Å². The third-order valence-electron chi connectivity index (χ3n) is 2.26. The Morgan fingerprint density at radius 2 is 2.19 bits per heavy atom. The molecule has 0 atom stereocenters. The number of hydrogen-bond acceptors (Lipinski definition) is 4. The van der Waals surface area contributed by atoms with Gasteiger partial charge < -0.3 is 5.11 Å². The van der Waals surface area contributed by atoms with Gasteiger partial charge in [-0.05, 0) is 0 Å². The Labute approximate surface area is 90.3 Å². The highest BCUT2D eigenvalue weighted by atomic mass is 16.4. The van der Waals surface area contributed by atoms with Gasteiger partial charge in [0.2, 0.25) is 0 Å². The van der Waals surface area contributed by atoms with Crippen LogP contribution in [0.3, 0.4) is 0 Å². The number of nitrogens with zero attached hydrogens (tertiary/aromatic N) is 4. The van der Waals surface area contributed by atoms with Gasteiger partial charge in [-0.3, -0.25) is 4.99 Å². The number of aliphatic imine (C=N–C) groups is 1. The second-order valence-corrected chi connectivity index (χ2v) is 3.38. The number of carbonyl (C=O) groups is 1. The summed E-state index contributed by atoms with van der Waals surface area (Å²) in [7, 11) is 0. The Morgan fingerprint density at radius 3 is 2.88 bits per heavy atom. The molecule has 1 aromatic heterocycles. The Morgan fingerprint density at radius 1 is 1.44 bits per heavy atom. The first-order valence-electron chi connectivity index (χ1n) is 4.68. The fraction of sp³-hybridized carbons (Fsp3) is 0.200. The van der Waals surface area contributed by atoms with Gasteiger partial charge >= 0.3 is 5.97 Å². The van der Waals surface area contributed by atoms with E-state index in [1.165, 1.54) is 10.9 Å². The number of allylic oxidation sites excluding steroid dienone is 1. The van der Waals surface area contributed by atoms with E-state index in [4.69, 9.17) is 5.11 Å². The highest BCUT2D eigenvalue weighted by Gasteiger charge is 2.28. The van der Waals surface area contributed by atoms with Gasteiger partial charge in [-0.15, -0.1) is 4.80 Å². The molecule has 2 aliphatic rings. The van der Waals surface area contributed by atoms with Crippen LogP contribution in [0.2, 0.25) is 0 Å². The molecule has 0 saturated heterocycles. The summed E-state index contributed by atoms with van der Waals surface area (Å²) in [4.78, 5) is 16.2. The maximum Gasteiger partial charge on any atom is 0.356 e. The molecule has 0 bridgehead atoms. The van der Waals surface area contributed by atoms with Crippen molar-refractivity contribution < 1.29 is 9.90 Å². The van der Waals surface area contributed by atoms with E-state index in [0.717, 1.165) is 17.8 Å². The van der Waals surface area contributed by atoms with E-state index in [1.807, 2.05) is 0 Å². The molecule has 1 N–H and O–H groups in total. The Balaban J connectivity index is 2.07. The SMILES string of the molecule is O=C(O)C1=NCC#CC=C1n1nc2c(n1)C2. The molecule has 6 nitrogen and oxygen atoms in total. The van der Waals surface area contributed by atoms with Crippen LogP contribution in [0, 0.1) is 11.8 Å². The van der Waals surface area contributed by atoms with E-state index in [0.29, 0.717) is 5.70 Å². The van der Waals surface area contributed by atoms with Gasteiger partial charge in [0.05, 0.1) is 11.4 Å². The molecular formula is C10H6N4O2. The van der Waals surface area contributed by atoms with Crippen LogP contribution in [0.4, 0.5) is 0 Å². The smallest absolute Gasteiger partial charge is 0.356 e. The molecule has 0 fully saturated rings. The van der Waals surface area contributed by atoms with Crippen LogP contribution in [0.1, 0.15) is 11.4 Å². The van der Waals surface area contributed by atoms with Crippen molar-refractivity contribution in [3.05, 3.63) is 17.5 Å². The molecule has 0 aromatic carbocycles. The predicted octanol–water partition coefficient (Wildman–Crippen LogP) is -0.434. The van der Waals surface area contributed by atoms with Gasteiger partial charge in [-0.1, -0.05) is 11.8 Å². The van der Waals surface area contributed by atoms with Crippen molar-refractivity contribution in [2.24, 2.45) is 4.99 Å². The molecule has 6 heteroatoms. The minimum Gasteiger partial charge on any atom is -0.476 e. The first-order valence-corrected chi connectivity index (χ1v) is 4.68. The summed E-state index contributed by atoms with van der Waals surface area (Å²) in [5.41, 5.74) is 2.07. The number of carboxylic acid groups (broad SMARTS) is 1. The van der Waals surface area contributed by atoms with Crippen LogP contribution in [0.15, 0.2) is 11.1 Å². The van der Waals surface area contributed by atoms with Gasteiger partial charge in [-0.25, -0.2) is 4.79 Å². The highest BCUT2D eigenvalue weighted by Crippen LogP contribution is 2.23. The summed E-state index contributed by atoms with van der Waals surface area (Å²) in [6.07, 6.45) is 2.29. The molecule has 78 valence electrons. The molecule has 2 heterocycles. The first kappa shape index (κ1) is 8.85. The van der Waals surface area contributed by atoms with Gasteiger partial charge in [-0.2, -0.15) is 10.2 Å². The first-order chi connectivity index (χ1) is 7.75. The van der Waals surface area contributed by atoms with Crippen molar-refractivity contribution in [3.8, 4) is 11.8 Å². The second kappa shape index (κ2) is 3.03. The van der Waals surface area contributed by atoms with Crippen molar-refractivity contribution in [1.29, 1.82) is 0 Å². The lowest BCUT2D eigenvalue weighted by atomic mass is 10.2. The van der Waals surface area contributed by atoms with Crippen LogP contribution in [-0.2, 0) is 11.2 Å². The number of aromatic nitrogens is 3. The quantitative estimate of drug-likeness (QED) is 0.687. The number of aliphatic carboxylic acids is 1. The third kappa shape index (κ3) is 1.30. The maximum absolute atomic E-state index is 11.0. The number of carboxylic acids is 1. The molecule has 0 unspecified atom stereocenters. The van der Waals surface area contributed by atoms with E-state index in [9.17, 15) is 4.79 Å². The average Bonchev–Trinajstić information content (AvgIpc) is 2.95. The molecule has 16 heavy (non-hydrogen) atoms. The van der Waals surface area contributed by atoms with E-state index < -0.39 is 5.97 Å². The summed E-state index contributed by atoms with van der Waals surface area (Å²) < 4.78 is 0. The maximum atomic E-state index is 11.0. The Kier molecular flexibility index (Phi) is 1.68. The average molecular weight is 214 g/mol. The van der Waals surface area contributed by atoms with E-state index in [2.05, 4.69) is 27.0 Å². The second-order valence-electron chi connectivity index (χ2n) is 3.38.